The topological polar surface area (TPSA) is 57.7 Å². The molecule has 3 amide bonds. The molecule has 1 aliphatic rings. The fourth-order valence-electron chi connectivity index (χ4n) is 2.40. The Labute approximate surface area is 124 Å². The molecule has 0 N–H and O–H groups in total. The highest BCUT2D eigenvalue weighted by atomic mass is 16.2. The van der Waals surface area contributed by atoms with E-state index in [2.05, 4.69) is 0 Å². The zero-order valence-corrected chi connectivity index (χ0v) is 12.2. The van der Waals surface area contributed by atoms with Gasteiger partial charge >= 0.3 is 0 Å². The van der Waals surface area contributed by atoms with Crippen molar-refractivity contribution >= 4 is 17.7 Å². The Hall–Kier alpha value is -2.17. The second-order valence-electron chi connectivity index (χ2n) is 5.28. The lowest BCUT2D eigenvalue weighted by Crippen LogP contribution is -2.31. The molecule has 1 fully saturated rings. The van der Waals surface area contributed by atoms with E-state index < -0.39 is 0 Å². The molecule has 5 nitrogen and oxygen atoms in total. The van der Waals surface area contributed by atoms with Gasteiger partial charge in [-0.25, -0.2) is 0 Å². The van der Waals surface area contributed by atoms with E-state index in [0.717, 1.165) is 5.56 Å². The van der Waals surface area contributed by atoms with E-state index in [1.54, 1.807) is 11.9 Å². The van der Waals surface area contributed by atoms with Gasteiger partial charge < -0.3 is 4.90 Å². The number of benzene rings is 1. The van der Waals surface area contributed by atoms with Crippen molar-refractivity contribution in [3.63, 3.8) is 0 Å². The molecule has 0 saturated carbocycles. The second-order valence-corrected chi connectivity index (χ2v) is 5.28. The molecule has 0 atom stereocenters. The monoisotopic (exact) mass is 288 g/mol. The van der Waals surface area contributed by atoms with Gasteiger partial charge in [0, 0.05) is 39.4 Å². The van der Waals surface area contributed by atoms with Gasteiger partial charge in [0.05, 0.1) is 0 Å². The maximum Gasteiger partial charge on any atom is 0.229 e. The summed E-state index contributed by atoms with van der Waals surface area (Å²) in [6.45, 7) is 0.920. The zero-order chi connectivity index (χ0) is 15.2. The molecule has 112 valence electrons. The first-order chi connectivity index (χ1) is 10.1. The van der Waals surface area contributed by atoms with Gasteiger partial charge in [-0.2, -0.15) is 0 Å². The van der Waals surface area contributed by atoms with Crippen molar-refractivity contribution in [3.8, 4) is 0 Å². The van der Waals surface area contributed by atoms with Gasteiger partial charge in [0.15, 0.2) is 0 Å². The van der Waals surface area contributed by atoms with Crippen LogP contribution in [0.4, 0.5) is 0 Å². The largest absolute Gasteiger partial charge is 0.341 e. The number of carbonyl (C=O) groups excluding carboxylic acids is 3. The molecule has 1 aliphatic heterocycles. The molecule has 0 unspecified atom stereocenters. The third-order valence-electron chi connectivity index (χ3n) is 3.62. The third-order valence-corrected chi connectivity index (χ3v) is 3.62. The molecule has 21 heavy (non-hydrogen) atoms. The van der Waals surface area contributed by atoms with Crippen molar-refractivity contribution < 1.29 is 14.4 Å². The fourth-order valence-corrected chi connectivity index (χ4v) is 2.40. The lowest BCUT2D eigenvalue weighted by atomic mass is 10.2. The summed E-state index contributed by atoms with van der Waals surface area (Å²) in [5.74, 6) is -0.215. The Morgan fingerprint density at radius 2 is 1.76 bits per heavy atom. The highest BCUT2D eigenvalue weighted by Gasteiger charge is 2.28. The number of rotatable bonds is 6. The minimum absolute atomic E-state index is 0.0259. The Morgan fingerprint density at radius 1 is 1.14 bits per heavy atom. The lowest BCUT2D eigenvalue weighted by molar-refractivity contribution is -0.139. The van der Waals surface area contributed by atoms with Crippen LogP contribution in [0.3, 0.4) is 0 Å². The van der Waals surface area contributed by atoms with Crippen molar-refractivity contribution in [2.24, 2.45) is 0 Å². The van der Waals surface area contributed by atoms with E-state index in [-0.39, 0.29) is 17.7 Å². The maximum atomic E-state index is 12.0. The number of hydrogen-bond donors (Lipinski definition) is 0. The number of carbonyl (C=O) groups is 3. The van der Waals surface area contributed by atoms with Gasteiger partial charge in [0.25, 0.3) is 0 Å². The quantitative estimate of drug-likeness (QED) is 0.747. The number of hydrogen-bond acceptors (Lipinski definition) is 3. The van der Waals surface area contributed by atoms with Crippen LogP contribution in [0.1, 0.15) is 31.2 Å². The summed E-state index contributed by atoms with van der Waals surface area (Å²) in [7, 11) is 1.77. The number of likely N-dealkylation sites (tertiary alicyclic amines) is 1. The van der Waals surface area contributed by atoms with Gasteiger partial charge in [-0.05, 0) is 12.0 Å². The molecule has 1 aromatic rings. The number of imide groups is 1. The first kappa shape index (κ1) is 15.2. The predicted molar refractivity (Wildman–Crippen MR) is 78.1 cm³/mol. The summed E-state index contributed by atoms with van der Waals surface area (Å²) < 4.78 is 0. The predicted octanol–water partition coefficient (Wildman–Crippen LogP) is 1.57. The van der Waals surface area contributed by atoms with Crippen LogP contribution in [0.5, 0.6) is 0 Å². The first-order valence-electron chi connectivity index (χ1n) is 7.19. The van der Waals surface area contributed by atoms with Crippen molar-refractivity contribution in [3.05, 3.63) is 35.9 Å². The average Bonchev–Trinajstić information content (AvgIpc) is 2.80. The fraction of sp³-hybridized carbons (Fsp3) is 0.438. The first-order valence-corrected chi connectivity index (χ1v) is 7.19. The Balaban J connectivity index is 1.74. The van der Waals surface area contributed by atoms with E-state index in [4.69, 9.17) is 0 Å². The van der Waals surface area contributed by atoms with E-state index in [1.807, 2.05) is 30.3 Å². The second kappa shape index (κ2) is 7.02. The molecular formula is C16H20N2O3. The van der Waals surface area contributed by atoms with Crippen molar-refractivity contribution in [2.45, 2.75) is 32.2 Å². The summed E-state index contributed by atoms with van der Waals surface area (Å²) in [6, 6.07) is 9.78. The molecule has 0 spiro atoms. The summed E-state index contributed by atoms with van der Waals surface area (Å²) in [5.41, 5.74) is 1.08. The molecule has 5 heteroatoms. The van der Waals surface area contributed by atoms with Crippen LogP contribution in [0.2, 0.25) is 0 Å². The van der Waals surface area contributed by atoms with Crippen LogP contribution in [0, 0.1) is 0 Å². The lowest BCUT2D eigenvalue weighted by Gasteiger charge is -2.18. The van der Waals surface area contributed by atoms with Gasteiger partial charge in [-0.15, -0.1) is 0 Å². The number of nitrogens with zero attached hydrogens (tertiary/aromatic N) is 2. The molecule has 0 aliphatic carbocycles. The zero-order valence-electron chi connectivity index (χ0n) is 12.2. The minimum atomic E-state index is -0.120. The van der Waals surface area contributed by atoms with Crippen LogP contribution in [-0.2, 0) is 20.9 Å². The van der Waals surface area contributed by atoms with Crippen molar-refractivity contribution in [2.75, 3.05) is 13.6 Å². The summed E-state index contributed by atoms with van der Waals surface area (Å²) in [5, 5.41) is 0. The molecule has 0 bridgehead atoms. The SMILES string of the molecule is CN(Cc1ccccc1)C(=O)CCCN1C(=O)CCC1=O. The van der Waals surface area contributed by atoms with Crippen LogP contribution in [0.25, 0.3) is 0 Å². The van der Waals surface area contributed by atoms with Crippen LogP contribution >= 0.6 is 0 Å². The standard InChI is InChI=1S/C16H20N2O3/c1-17(12-13-6-3-2-4-7-13)14(19)8-5-11-18-15(20)9-10-16(18)21/h2-4,6-7H,5,8-12H2,1H3. The van der Waals surface area contributed by atoms with Crippen molar-refractivity contribution in [1.82, 2.24) is 9.80 Å². The van der Waals surface area contributed by atoms with Crippen LogP contribution in [-0.4, -0.2) is 41.1 Å². The van der Waals surface area contributed by atoms with Gasteiger partial charge in [-0.1, -0.05) is 30.3 Å². The van der Waals surface area contributed by atoms with E-state index >= 15 is 0 Å². The molecule has 0 radical (unpaired) electrons. The van der Waals surface area contributed by atoms with Gasteiger partial charge in [0.1, 0.15) is 0 Å². The molecule has 0 aromatic heterocycles. The maximum absolute atomic E-state index is 12.0. The highest BCUT2D eigenvalue weighted by molar-refractivity contribution is 6.01. The Bertz CT molecular complexity index is 512. The Kier molecular flexibility index (Phi) is 5.09. The third kappa shape index (κ3) is 4.15. The summed E-state index contributed by atoms with van der Waals surface area (Å²) in [4.78, 5) is 37.9. The molecule has 1 saturated heterocycles. The van der Waals surface area contributed by atoms with E-state index in [9.17, 15) is 14.4 Å². The minimum Gasteiger partial charge on any atom is -0.341 e. The summed E-state index contributed by atoms with van der Waals surface area (Å²) >= 11 is 0. The van der Waals surface area contributed by atoms with Crippen LogP contribution < -0.4 is 0 Å². The van der Waals surface area contributed by atoms with Crippen LogP contribution in [0.15, 0.2) is 30.3 Å². The number of amides is 3. The average molecular weight is 288 g/mol. The summed E-state index contributed by atoms with van der Waals surface area (Å²) in [6.07, 6.45) is 1.48. The van der Waals surface area contributed by atoms with Gasteiger partial charge in [-0.3, -0.25) is 19.3 Å². The van der Waals surface area contributed by atoms with E-state index in [1.165, 1.54) is 4.90 Å². The molecule has 2 rings (SSSR count). The van der Waals surface area contributed by atoms with E-state index in [0.29, 0.717) is 38.8 Å². The highest BCUT2D eigenvalue weighted by Crippen LogP contribution is 2.13. The molecule has 1 heterocycles. The molecular weight excluding hydrogens is 268 g/mol. The van der Waals surface area contributed by atoms with Crippen molar-refractivity contribution in [1.29, 1.82) is 0 Å². The van der Waals surface area contributed by atoms with Gasteiger partial charge in [0.2, 0.25) is 17.7 Å². The molecule has 1 aromatic carbocycles. The normalized spacial score (nSPS) is 14.6. The smallest absolute Gasteiger partial charge is 0.229 e. The Morgan fingerprint density at radius 3 is 2.38 bits per heavy atom.